The zero-order valence-electron chi connectivity index (χ0n) is 16.6. The van der Waals surface area contributed by atoms with Crippen LogP contribution in [-0.2, 0) is 0 Å². The Bertz CT molecular complexity index is 1140. The van der Waals surface area contributed by atoms with Gasteiger partial charge in [-0.25, -0.2) is 0 Å². The molecular weight excluding hydrogens is 374 g/mol. The second kappa shape index (κ2) is 8.03. The van der Waals surface area contributed by atoms with E-state index in [0.717, 1.165) is 48.2 Å². The van der Waals surface area contributed by atoms with Crippen LogP contribution < -0.4 is 10.2 Å². The molecule has 0 bridgehead atoms. The number of carbonyl (C=O) groups is 1. The van der Waals surface area contributed by atoms with Gasteiger partial charge in [0.15, 0.2) is 0 Å². The molecule has 1 N–H and O–H groups in total. The minimum atomic E-state index is -0.0193. The molecule has 150 valence electrons. The molecule has 5 rings (SSSR count). The first-order valence-electron chi connectivity index (χ1n) is 10.3. The average molecular weight is 397 g/mol. The number of piperidine rings is 1. The summed E-state index contributed by atoms with van der Waals surface area (Å²) in [6.07, 6.45) is 5.31. The second-order valence-corrected chi connectivity index (χ2v) is 7.64. The monoisotopic (exact) mass is 397 g/mol. The number of aromatic nitrogens is 1. The molecule has 1 saturated heterocycles. The molecule has 1 amide bonds. The van der Waals surface area contributed by atoms with Crippen LogP contribution in [0.5, 0.6) is 0 Å². The normalized spacial score (nSPS) is 14.7. The molecule has 5 nitrogen and oxygen atoms in total. The van der Waals surface area contributed by atoms with Crippen molar-refractivity contribution < 1.29 is 9.21 Å². The van der Waals surface area contributed by atoms with Gasteiger partial charge < -0.3 is 14.6 Å². The van der Waals surface area contributed by atoms with E-state index in [2.05, 4.69) is 39.5 Å². The molecule has 1 aliphatic heterocycles. The molecule has 1 fully saturated rings. The zero-order chi connectivity index (χ0) is 20.3. The molecule has 0 radical (unpaired) electrons. The number of anilines is 1. The lowest BCUT2D eigenvalue weighted by atomic mass is 10.0. The van der Waals surface area contributed by atoms with Crippen LogP contribution in [0, 0.1) is 0 Å². The first kappa shape index (κ1) is 18.4. The van der Waals surface area contributed by atoms with Crippen LogP contribution in [0.4, 0.5) is 5.69 Å². The SMILES string of the molecule is O=C(NC1CCN(c2ccccc2)CC1)c1ccc(-c2nccc3occc23)cc1. The van der Waals surface area contributed by atoms with Crippen molar-refractivity contribution in [3.05, 3.63) is 84.8 Å². The standard InChI is InChI=1S/C25H23N3O2/c29-25(27-20-11-15-28(16-12-20)21-4-2-1-3-5-21)19-8-6-18(7-9-19)24-22-13-17-30-23(22)10-14-26-24/h1-10,13-14,17,20H,11-12,15-16H2,(H,27,29). The Balaban J connectivity index is 1.23. The molecule has 2 aromatic heterocycles. The highest BCUT2D eigenvalue weighted by molar-refractivity contribution is 5.96. The van der Waals surface area contributed by atoms with Crippen LogP contribution in [0.25, 0.3) is 22.2 Å². The first-order valence-corrected chi connectivity index (χ1v) is 10.3. The highest BCUT2D eigenvalue weighted by Crippen LogP contribution is 2.27. The van der Waals surface area contributed by atoms with E-state index in [1.165, 1.54) is 5.69 Å². The molecule has 2 aromatic carbocycles. The molecule has 1 aliphatic rings. The Hall–Kier alpha value is -3.60. The molecule has 0 atom stereocenters. The van der Waals surface area contributed by atoms with Crippen molar-refractivity contribution in [3.63, 3.8) is 0 Å². The van der Waals surface area contributed by atoms with Crippen molar-refractivity contribution in [2.75, 3.05) is 18.0 Å². The van der Waals surface area contributed by atoms with Gasteiger partial charge in [0.2, 0.25) is 0 Å². The van der Waals surface area contributed by atoms with E-state index < -0.39 is 0 Å². The number of hydrogen-bond acceptors (Lipinski definition) is 4. The van der Waals surface area contributed by atoms with Gasteiger partial charge in [-0.15, -0.1) is 0 Å². The van der Waals surface area contributed by atoms with Crippen LogP contribution >= 0.6 is 0 Å². The smallest absolute Gasteiger partial charge is 0.251 e. The second-order valence-electron chi connectivity index (χ2n) is 7.64. The molecule has 3 heterocycles. The molecule has 4 aromatic rings. The van der Waals surface area contributed by atoms with Gasteiger partial charge in [-0.05, 0) is 49.2 Å². The maximum Gasteiger partial charge on any atom is 0.251 e. The lowest BCUT2D eigenvalue weighted by Crippen LogP contribution is -2.44. The Kier molecular flexibility index (Phi) is 4.93. The lowest BCUT2D eigenvalue weighted by molar-refractivity contribution is 0.0931. The Morgan fingerprint density at radius 1 is 0.967 bits per heavy atom. The number of rotatable bonds is 4. The highest BCUT2D eigenvalue weighted by Gasteiger charge is 2.21. The lowest BCUT2D eigenvalue weighted by Gasteiger charge is -2.34. The van der Waals surface area contributed by atoms with Gasteiger partial charge in [-0.1, -0.05) is 30.3 Å². The fraction of sp³-hybridized carbons (Fsp3) is 0.200. The van der Waals surface area contributed by atoms with Crippen LogP contribution in [-0.4, -0.2) is 30.0 Å². The van der Waals surface area contributed by atoms with Gasteiger partial charge in [0, 0.05) is 47.5 Å². The molecule has 0 saturated carbocycles. The van der Waals surface area contributed by atoms with Gasteiger partial charge in [0.25, 0.3) is 5.91 Å². The van der Waals surface area contributed by atoms with E-state index in [-0.39, 0.29) is 11.9 Å². The van der Waals surface area contributed by atoms with Crippen molar-refractivity contribution in [2.45, 2.75) is 18.9 Å². The number of nitrogens with one attached hydrogen (secondary N) is 1. The minimum absolute atomic E-state index is 0.0193. The van der Waals surface area contributed by atoms with E-state index in [1.807, 2.05) is 42.5 Å². The molecule has 0 spiro atoms. The van der Waals surface area contributed by atoms with Gasteiger partial charge in [-0.3, -0.25) is 9.78 Å². The average Bonchev–Trinajstić information content (AvgIpc) is 3.29. The number of para-hydroxylation sites is 1. The molecule has 0 unspecified atom stereocenters. The summed E-state index contributed by atoms with van der Waals surface area (Å²) in [7, 11) is 0. The van der Waals surface area contributed by atoms with E-state index in [4.69, 9.17) is 4.42 Å². The molecule has 30 heavy (non-hydrogen) atoms. The summed E-state index contributed by atoms with van der Waals surface area (Å²) in [6.45, 7) is 1.91. The van der Waals surface area contributed by atoms with Gasteiger partial charge in [0.1, 0.15) is 5.58 Å². The molecular formula is C25H23N3O2. The third-order valence-corrected chi connectivity index (χ3v) is 5.75. The number of hydrogen-bond donors (Lipinski definition) is 1. The zero-order valence-corrected chi connectivity index (χ0v) is 16.6. The summed E-state index contributed by atoms with van der Waals surface area (Å²) in [4.78, 5) is 19.6. The van der Waals surface area contributed by atoms with Crippen LogP contribution in [0.15, 0.2) is 83.6 Å². The fourth-order valence-electron chi connectivity index (χ4n) is 4.09. The van der Waals surface area contributed by atoms with E-state index in [0.29, 0.717) is 5.56 Å². The van der Waals surface area contributed by atoms with Gasteiger partial charge >= 0.3 is 0 Å². The largest absolute Gasteiger partial charge is 0.464 e. The predicted molar refractivity (Wildman–Crippen MR) is 119 cm³/mol. The topological polar surface area (TPSA) is 58.4 Å². The van der Waals surface area contributed by atoms with Crippen molar-refractivity contribution in [1.82, 2.24) is 10.3 Å². The van der Waals surface area contributed by atoms with Gasteiger partial charge in [-0.2, -0.15) is 0 Å². The third kappa shape index (κ3) is 3.66. The highest BCUT2D eigenvalue weighted by atomic mass is 16.3. The predicted octanol–water partition coefficient (Wildman–Crippen LogP) is 4.89. The molecule has 5 heteroatoms. The maximum atomic E-state index is 12.7. The number of nitrogens with zero attached hydrogens (tertiary/aromatic N) is 2. The number of benzene rings is 2. The number of pyridine rings is 1. The maximum absolute atomic E-state index is 12.7. The van der Waals surface area contributed by atoms with E-state index >= 15 is 0 Å². The minimum Gasteiger partial charge on any atom is -0.464 e. The summed E-state index contributed by atoms with van der Waals surface area (Å²) in [5, 5.41) is 4.17. The van der Waals surface area contributed by atoms with Crippen molar-refractivity contribution >= 4 is 22.6 Å². The van der Waals surface area contributed by atoms with E-state index in [9.17, 15) is 4.79 Å². The van der Waals surface area contributed by atoms with Crippen molar-refractivity contribution in [2.24, 2.45) is 0 Å². The van der Waals surface area contributed by atoms with Gasteiger partial charge in [0.05, 0.1) is 12.0 Å². The summed E-state index contributed by atoms with van der Waals surface area (Å²) in [5.41, 5.74) is 4.56. The number of amides is 1. The quantitative estimate of drug-likeness (QED) is 0.532. The summed E-state index contributed by atoms with van der Waals surface area (Å²) in [5.74, 6) is -0.0193. The number of fused-ring (bicyclic) bond motifs is 1. The molecule has 0 aliphatic carbocycles. The summed E-state index contributed by atoms with van der Waals surface area (Å²) < 4.78 is 5.45. The first-order chi connectivity index (χ1) is 14.8. The Morgan fingerprint density at radius 2 is 1.73 bits per heavy atom. The van der Waals surface area contributed by atoms with Crippen LogP contribution in [0.2, 0.25) is 0 Å². The third-order valence-electron chi connectivity index (χ3n) is 5.75. The Labute approximate surface area is 175 Å². The number of carbonyl (C=O) groups excluding carboxylic acids is 1. The summed E-state index contributed by atoms with van der Waals surface area (Å²) in [6, 6.07) is 22.0. The van der Waals surface area contributed by atoms with Crippen molar-refractivity contribution in [1.29, 1.82) is 0 Å². The fourth-order valence-corrected chi connectivity index (χ4v) is 4.09. The van der Waals surface area contributed by atoms with Crippen molar-refractivity contribution in [3.8, 4) is 11.3 Å². The Morgan fingerprint density at radius 3 is 2.50 bits per heavy atom. The number of furan rings is 1. The van der Waals surface area contributed by atoms with Crippen LogP contribution in [0.1, 0.15) is 23.2 Å². The van der Waals surface area contributed by atoms with E-state index in [1.54, 1.807) is 12.5 Å². The summed E-state index contributed by atoms with van der Waals surface area (Å²) >= 11 is 0. The van der Waals surface area contributed by atoms with Crippen LogP contribution in [0.3, 0.4) is 0 Å².